The molecule has 1 aromatic carbocycles. The van der Waals surface area contributed by atoms with Crippen LogP contribution in [-0.4, -0.2) is 19.9 Å². The van der Waals surface area contributed by atoms with E-state index in [-0.39, 0.29) is 0 Å². The van der Waals surface area contributed by atoms with Gasteiger partial charge >= 0.3 is 0 Å². The normalized spacial score (nSPS) is 11.5. The molecule has 0 N–H and O–H groups in total. The third-order valence-corrected chi connectivity index (χ3v) is 3.87. The molecule has 0 unspecified atom stereocenters. The predicted molar refractivity (Wildman–Crippen MR) is 87.8 cm³/mol. The second-order valence-corrected chi connectivity index (χ2v) is 5.24. The second kappa shape index (κ2) is 4.58. The molecule has 0 aliphatic carbocycles. The van der Waals surface area contributed by atoms with E-state index in [0.717, 1.165) is 22.2 Å². The summed E-state index contributed by atoms with van der Waals surface area (Å²) in [6.07, 6.45) is 5.05. The summed E-state index contributed by atoms with van der Waals surface area (Å²) in [6, 6.07) is 13.9. The van der Waals surface area contributed by atoms with Crippen molar-refractivity contribution in [3.63, 3.8) is 0 Å². The van der Waals surface area contributed by atoms with Gasteiger partial charge in [-0.15, -0.1) is 0 Å². The van der Waals surface area contributed by atoms with Crippen molar-refractivity contribution < 1.29 is 4.42 Å². The van der Waals surface area contributed by atoms with Crippen molar-refractivity contribution in [1.82, 2.24) is 19.9 Å². The lowest BCUT2D eigenvalue weighted by atomic mass is 10.1. The molecule has 0 radical (unpaired) electrons. The molecule has 0 bridgehead atoms. The largest absolute Gasteiger partial charge is 0.435 e. The molecule has 0 atom stereocenters. The van der Waals surface area contributed by atoms with Crippen LogP contribution in [0, 0.1) is 0 Å². The van der Waals surface area contributed by atoms with Crippen LogP contribution in [0.1, 0.15) is 0 Å². The standard InChI is InChI=1S/C18H10N4O/c1-2-4-12-11(3-1)7-8-19-15(12)13-5-6-14-16(22-13)17-18(23-14)21-10-9-20-17/h1-10H. The number of furan rings is 1. The van der Waals surface area contributed by atoms with Crippen LogP contribution in [0.25, 0.3) is 44.5 Å². The SMILES string of the molecule is c1ccc2c(-c3ccc4oc5nccnc5c4n3)nccc2c1. The maximum Gasteiger partial charge on any atom is 0.247 e. The Morgan fingerprint density at radius 1 is 0.739 bits per heavy atom. The van der Waals surface area contributed by atoms with E-state index in [0.29, 0.717) is 22.3 Å². The van der Waals surface area contributed by atoms with Crippen LogP contribution in [0.5, 0.6) is 0 Å². The van der Waals surface area contributed by atoms with Crippen LogP contribution in [0.3, 0.4) is 0 Å². The summed E-state index contributed by atoms with van der Waals surface area (Å²) in [5, 5.41) is 2.21. The van der Waals surface area contributed by atoms with Gasteiger partial charge in [0.1, 0.15) is 5.52 Å². The molecule has 5 heteroatoms. The summed E-state index contributed by atoms with van der Waals surface area (Å²) in [7, 11) is 0. The summed E-state index contributed by atoms with van der Waals surface area (Å²) in [4.78, 5) is 17.8. The van der Waals surface area contributed by atoms with Crippen molar-refractivity contribution >= 4 is 33.1 Å². The quantitative estimate of drug-likeness (QED) is 0.468. The van der Waals surface area contributed by atoms with E-state index in [1.54, 1.807) is 18.6 Å². The minimum Gasteiger partial charge on any atom is -0.435 e. The molecule has 0 amide bonds. The predicted octanol–water partition coefficient (Wildman–Crippen LogP) is 3.99. The number of pyridine rings is 2. The molecule has 0 saturated heterocycles. The highest BCUT2D eigenvalue weighted by molar-refractivity contribution is 6.00. The zero-order valence-corrected chi connectivity index (χ0v) is 12.0. The Labute approximate surface area is 130 Å². The number of rotatable bonds is 1. The van der Waals surface area contributed by atoms with Gasteiger partial charge in [0, 0.05) is 24.0 Å². The van der Waals surface area contributed by atoms with E-state index in [9.17, 15) is 0 Å². The average molecular weight is 298 g/mol. The zero-order chi connectivity index (χ0) is 15.2. The Balaban J connectivity index is 1.84. The van der Waals surface area contributed by atoms with Crippen LogP contribution in [-0.2, 0) is 0 Å². The smallest absolute Gasteiger partial charge is 0.247 e. The molecule has 5 aromatic rings. The molecule has 0 saturated carbocycles. The average Bonchev–Trinajstić information content (AvgIpc) is 2.99. The van der Waals surface area contributed by atoms with Crippen LogP contribution in [0.15, 0.2) is 65.5 Å². The van der Waals surface area contributed by atoms with Gasteiger partial charge in [-0.1, -0.05) is 24.3 Å². The van der Waals surface area contributed by atoms with E-state index in [4.69, 9.17) is 9.40 Å². The van der Waals surface area contributed by atoms with Gasteiger partial charge in [-0.3, -0.25) is 4.98 Å². The van der Waals surface area contributed by atoms with Crippen LogP contribution in [0.4, 0.5) is 0 Å². The third kappa shape index (κ3) is 1.80. The molecule has 4 aromatic heterocycles. The molecule has 23 heavy (non-hydrogen) atoms. The van der Waals surface area contributed by atoms with E-state index >= 15 is 0 Å². The number of hydrogen-bond donors (Lipinski definition) is 0. The van der Waals surface area contributed by atoms with E-state index in [2.05, 4.69) is 27.1 Å². The summed E-state index contributed by atoms with van der Waals surface area (Å²) in [5.74, 6) is 0. The first-order valence-corrected chi connectivity index (χ1v) is 7.24. The van der Waals surface area contributed by atoms with Crippen LogP contribution < -0.4 is 0 Å². The van der Waals surface area contributed by atoms with Crippen molar-refractivity contribution in [2.24, 2.45) is 0 Å². The summed E-state index contributed by atoms with van der Waals surface area (Å²) in [6.45, 7) is 0. The highest BCUT2D eigenvalue weighted by Crippen LogP contribution is 2.29. The van der Waals surface area contributed by atoms with E-state index < -0.39 is 0 Å². The van der Waals surface area contributed by atoms with Gasteiger partial charge in [-0.2, -0.15) is 0 Å². The topological polar surface area (TPSA) is 64.7 Å². The molecule has 0 fully saturated rings. The van der Waals surface area contributed by atoms with Crippen molar-refractivity contribution in [2.75, 3.05) is 0 Å². The molecule has 0 spiro atoms. The van der Waals surface area contributed by atoms with Crippen molar-refractivity contribution in [2.45, 2.75) is 0 Å². The first kappa shape index (κ1) is 12.2. The van der Waals surface area contributed by atoms with Gasteiger partial charge < -0.3 is 4.42 Å². The molecular weight excluding hydrogens is 288 g/mol. The Kier molecular flexibility index (Phi) is 2.43. The Morgan fingerprint density at radius 2 is 1.65 bits per heavy atom. The van der Waals surface area contributed by atoms with Gasteiger partial charge in [0.15, 0.2) is 11.1 Å². The summed E-state index contributed by atoms with van der Waals surface area (Å²) < 4.78 is 5.67. The molecule has 5 nitrogen and oxygen atoms in total. The van der Waals surface area contributed by atoms with Gasteiger partial charge in [0.25, 0.3) is 0 Å². The fraction of sp³-hybridized carbons (Fsp3) is 0. The van der Waals surface area contributed by atoms with Crippen molar-refractivity contribution in [1.29, 1.82) is 0 Å². The molecule has 5 rings (SSSR count). The Morgan fingerprint density at radius 3 is 2.65 bits per heavy atom. The molecule has 0 aliphatic heterocycles. The fourth-order valence-corrected chi connectivity index (χ4v) is 2.82. The number of aromatic nitrogens is 4. The zero-order valence-electron chi connectivity index (χ0n) is 12.0. The van der Waals surface area contributed by atoms with Gasteiger partial charge in [-0.25, -0.2) is 15.0 Å². The molecule has 4 heterocycles. The first-order valence-electron chi connectivity index (χ1n) is 7.24. The van der Waals surface area contributed by atoms with Gasteiger partial charge in [0.05, 0.1) is 11.4 Å². The minimum absolute atomic E-state index is 0.498. The van der Waals surface area contributed by atoms with Crippen LogP contribution >= 0.6 is 0 Å². The van der Waals surface area contributed by atoms with E-state index in [1.807, 2.05) is 30.3 Å². The maximum atomic E-state index is 5.67. The third-order valence-electron chi connectivity index (χ3n) is 3.87. The maximum absolute atomic E-state index is 5.67. The van der Waals surface area contributed by atoms with Crippen molar-refractivity contribution in [3.05, 3.63) is 61.1 Å². The van der Waals surface area contributed by atoms with Crippen LogP contribution in [0.2, 0.25) is 0 Å². The van der Waals surface area contributed by atoms with Crippen molar-refractivity contribution in [3.8, 4) is 11.4 Å². The summed E-state index contributed by atoms with van der Waals surface area (Å²) >= 11 is 0. The lowest BCUT2D eigenvalue weighted by Gasteiger charge is -2.04. The monoisotopic (exact) mass is 298 g/mol. The Bertz CT molecular complexity index is 1170. The number of nitrogens with zero attached hydrogens (tertiary/aromatic N) is 4. The van der Waals surface area contributed by atoms with E-state index in [1.165, 1.54) is 0 Å². The lowest BCUT2D eigenvalue weighted by Crippen LogP contribution is -1.89. The Hall–Kier alpha value is -3.34. The first-order chi connectivity index (χ1) is 11.4. The number of hydrogen-bond acceptors (Lipinski definition) is 5. The molecule has 0 aliphatic rings. The minimum atomic E-state index is 0.498. The summed E-state index contributed by atoms with van der Waals surface area (Å²) in [5.41, 5.74) is 4.20. The van der Waals surface area contributed by atoms with Gasteiger partial charge in [0.2, 0.25) is 5.71 Å². The highest BCUT2D eigenvalue weighted by Gasteiger charge is 2.13. The number of benzene rings is 1. The van der Waals surface area contributed by atoms with Gasteiger partial charge in [-0.05, 0) is 23.6 Å². The lowest BCUT2D eigenvalue weighted by molar-refractivity contribution is 0.652. The molecular formula is C18H10N4O. The number of fused-ring (bicyclic) bond motifs is 4. The molecule has 108 valence electrons. The highest BCUT2D eigenvalue weighted by atomic mass is 16.3. The fourth-order valence-electron chi connectivity index (χ4n) is 2.82. The second-order valence-electron chi connectivity index (χ2n) is 5.24.